The van der Waals surface area contributed by atoms with Gasteiger partial charge in [-0.15, -0.1) is 0 Å². The topological polar surface area (TPSA) is 85.9 Å². The summed E-state index contributed by atoms with van der Waals surface area (Å²) in [6.45, 7) is 6.87. The molecule has 2 atom stereocenters. The number of amides is 1. The van der Waals surface area contributed by atoms with E-state index in [1.807, 2.05) is 25.1 Å². The van der Waals surface area contributed by atoms with Crippen LogP contribution in [0.25, 0.3) is 0 Å². The molecule has 0 radical (unpaired) electrons. The molecule has 9 nitrogen and oxygen atoms in total. The van der Waals surface area contributed by atoms with E-state index in [4.69, 9.17) is 27.9 Å². The van der Waals surface area contributed by atoms with Crippen LogP contribution in [0.15, 0.2) is 42.6 Å². The molecule has 1 fully saturated rings. The molecule has 0 bridgehead atoms. The van der Waals surface area contributed by atoms with E-state index < -0.39 is 0 Å². The number of halogens is 2. The Hall–Kier alpha value is -3.11. The van der Waals surface area contributed by atoms with Crippen LogP contribution >= 0.6 is 23.2 Å². The Morgan fingerprint density at radius 1 is 1.11 bits per heavy atom. The molecule has 3 heterocycles. The monoisotopic (exact) mass is 555 g/mol. The number of para-hydroxylation sites is 1. The highest BCUT2D eigenvalue weighted by molar-refractivity contribution is 6.40. The maximum absolute atomic E-state index is 13.3. The summed E-state index contributed by atoms with van der Waals surface area (Å²) in [5, 5.41) is 7.39. The molecule has 11 heteroatoms. The quantitative estimate of drug-likeness (QED) is 0.443. The van der Waals surface area contributed by atoms with Gasteiger partial charge in [-0.3, -0.25) is 9.69 Å². The van der Waals surface area contributed by atoms with Crippen LogP contribution in [0, 0.1) is 0 Å². The number of nitrogens with one attached hydrogen (secondary N) is 2. The molecule has 1 aromatic heterocycles. The molecular formula is C27H31Cl2N7O2. The van der Waals surface area contributed by atoms with E-state index in [0.717, 1.165) is 24.3 Å². The van der Waals surface area contributed by atoms with Crippen molar-refractivity contribution in [3.8, 4) is 0 Å². The van der Waals surface area contributed by atoms with Gasteiger partial charge in [0.25, 0.3) is 5.91 Å². The predicted octanol–water partition coefficient (Wildman–Crippen LogP) is 4.91. The number of carbonyl (C=O) groups is 1. The zero-order valence-electron chi connectivity index (χ0n) is 21.8. The Kier molecular flexibility index (Phi) is 7.63. The number of rotatable bonds is 6. The highest BCUT2D eigenvalue weighted by Crippen LogP contribution is 2.37. The molecule has 2 N–H and O–H groups in total. The number of anilines is 5. The second kappa shape index (κ2) is 10.9. The van der Waals surface area contributed by atoms with E-state index in [9.17, 15) is 4.79 Å². The third-order valence-corrected chi connectivity index (χ3v) is 7.24. The summed E-state index contributed by atoms with van der Waals surface area (Å²) >= 11 is 12.8. The minimum atomic E-state index is -0.255. The van der Waals surface area contributed by atoms with Crippen LogP contribution in [0.1, 0.15) is 29.8 Å². The summed E-state index contributed by atoms with van der Waals surface area (Å²) in [7, 11) is 3.80. The first kappa shape index (κ1) is 26.5. The van der Waals surface area contributed by atoms with Gasteiger partial charge in [-0.25, -0.2) is 4.98 Å². The Bertz CT molecular complexity index is 1320. The average Bonchev–Trinajstić information content (AvgIpc) is 2.86. The van der Waals surface area contributed by atoms with Crippen LogP contribution in [0.3, 0.4) is 0 Å². The lowest BCUT2D eigenvalue weighted by Gasteiger charge is -2.38. The normalized spacial score (nSPS) is 19.5. The van der Waals surface area contributed by atoms with Gasteiger partial charge in [0.05, 0.1) is 34.6 Å². The van der Waals surface area contributed by atoms with Crippen molar-refractivity contribution in [3.05, 3.63) is 63.8 Å². The van der Waals surface area contributed by atoms with Crippen LogP contribution in [0.5, 0.6) is 0 Å². The third kappa shape index (κ3) is 5.24. The zero-order valence-corrected chi connectivity index (χ0v) is 23.3. The molecule has 0 unspecified atom stereocenters. The number of aromatic nitrogens is 2. The molecule has 0 spiro atoms. The first-order chi connectivity index (χ1) is 18.2. The van der Waals surface area contributed by atoms with Crippen molar-refractivity contribution in [3.63, 3.8) is 0 Å². The maximum Gasteiger partial charge on any atom is 0.265 e. The van der Waals surface area contributed by atoms with Crippen molar-refractivity contribution < 1.29 is 9.53 Å². The molecule has 1 amide bonds. The Labute approximate surface area is 232 Å². The van der Waals surface area contributed by atoms with Crippen LogP contribution in [0.4, 0.5) is 28.8 Å². The summed E-state index contributed by atoms with van der Waals surface area (Å²) < 4.78 is 5.92. The highest BCUT2D eigenvalue weighted by Gasteiger charge is 2.33. The number of ether oxygens (including phenoxy) is 1. The third-order valence-electron chi connectivity index (χ3n) is 6.63. The first-order valence-electron chi connectivity index (χ1n) is 12.5. The fourth-order valence-corrected chi connectivity index (χ4v) is 5.69. The van der Waals surface area contributed by atoms with Gasteiger partial charge in [0, 0.05) is 44.3 Å². The average molecular weight is 556 g/mol. The lowest BCUT2D eigenvalue weighted by molar-refractivity contribution is -0.00526. The number of hydrogen-bond donors (Lipinski definition) is 2. The van der Waals surface area contributed by atoms with E-state index in [1.165, 1.54) is 5.69 Å². The van der Waals surface area contributed by atoms with E-state index in [1.54, 1.807) is 29.3 Å². The molecule has 38 heavy (non-hydrogen) atoms. The van der Waals surface area contributed by atoms with Crippen LogP contribution in [0.2, 0.25) is 10.0 Å². The van der Waals surface area contributed by atoms with Crippen molar-refractivity contribution in [2.45, 2.75) is 32.6 Å². The lowest BCUT2D eigenvalue weighted by atomic mass is 10.1. The Morgan fingerprint density at radius 3 is 2.50 bits per heavy atom. The minimum Gasteiger partial charge on any atom is -0.372 e. The van der Waals surface area contributed by atoms with E-state index >= 15 is 0 Å². The van der Waals surface area contributed by atoms with Gasteiger partial charge in [-0.2, -0.15) is 4.98 Å². The summed E-state index contributed by atoms with van der Waals surface area (Å²) in [6.07, 6.45) is 1.89. The molecular weight excluding hydrogens is 525 g/mol. The fourth-order valence-electron chi connectivity index (χ4n) is 5.09. The standard InChI is InChI=1S/C27H31Cl2N7O2/c1-16-13-35(14-17(2)38-16)23-9-8-19(10-18(23)11-30-3)32-27-31-12-20-25(33-27)34(4)15-36(26(20)37)24-21(28)6-5-7-22(24)29/h5-10,12,16-17,30H,11,13-15H2,1-4H3,(H,31,32,33)/t16-,17+. The Balaban J connectivity index is 1.40. The van der Waals surface area contributed by atoms with E-state index in [2.05, 4.69) is 51.5 Å². The highest BCUT2D eigenvalue weighted by atomic mass is 35.5. The first-order valence-corrected chi connectivity index (χ1v) is 13.3. The molecule has 2 aromatic carbocycles. The van der Waals surface area contributed by atoms with Gasteiger partial charge < -0.3 is 25.2 Å². The van der Waals surface area contributed by atoms with E-state index in [-0.39, 0.29) is 24.8 Å². The van der Waals surface area contributed by atoms with Crippen molar-refractivity contribution in [1.82, 2.24) is 15.3 Å². The summed E-state index contributed by atoms with van der Waals surface area (Å²) in [5.74, 6) is 0.689. The zero-order chi connectivity index (χ0) is 27.0. The number of benzene rings is 2. The summed E-state index contributed by atoms with van der Waals surface area (Å²) in [4.78, 5) is 28.3. The summed E-state index contributed by atoms with van der Waals surface area (Å²) in [5.41, 5.74) is 4.06. The van der Waals surface area contributed by atoms with Crippen molar-refractivity contribution in [1.29, 1.82) is 0 Å². The van der Waals surface area contributed by atoms with Gasteiger partial charge in [0.2, 0.25) is 5.95 Å². The molecule has 3 aromatic rings. The van der Waals surface area contributed by atoms with Gasteiger partial charge in [0.15, 0.2) is 0 Å². The van der Waals surface area contributed by atoms with Crippen LogP contribution in [-0.2, 0) is 11.3 Å². The predicted molar refractivity (Wildman–Crippen MR) is 153 cm³/mol. The fraction of sp³-hybridized carbons (Fsp3) is 0.370. The minimum absolute atomic E-state index is 0.174. The van der Waals surface area contributed by atoms with Gasteiger partial charge in [0.1, 0.15) is 11.4 Å². The number of hydrogen-bond acceptors (Lipinski definition) is 8. The van der Waals surface area contributed by atoms with Gasteiger partial charge in [-0.05, 0) is 56.8 Å². The second-order valence-corrected chi connectivity index (χ2v) is 10.5. The molecule has 0 saturated carbocycles. The van der Waals surface area contributed by atoms with Crippen LogP contribution in [-0.4, -0.2) is 61.9 Å². The number of nitrogens with zero attached hydrogens (tertiary/aromatic N) is 5. The lowest BCUT2D eigenvalue weighted by Crippen LogP contribution is -2.46. The largest absolute Gasteiger partial charge is 0.372 e. The van der Waals surface area contributed by atoms with Crippen molar-refractivity contribution in [2.75, 3.05) is 53.9 Å². The SMILES string of the molecule is CNCc1cc(Nc2ncc3c(n2)N(C)CN(c2c(Cl)cccc2Cl)C3=O)ccc1N1C[C@@H](C)O[C@@H](C)C1. The molecule has 200 valence electrons. The molecule has 2 aliphatic heterocycles. The maximum atomic E-state index is 13.3. The number of fused-ring (bicyclic) bond motifs is 1. The Morgan fingerprint density at radius 2 is 1.82 bits per heavy atom. The number of morpholine rings is 1. The van der Waals surface area contributed by atoms with E-state index in [0.29, 0.717) is 39.6 Å². The van der Waals surface area contributed by atoms with Crippen molar-refractivity contribution >= 4 is 57.9 Å². The van der Waals surface area contributed by atoms with Crippen LogP contribution < -0.4 is 25.3 Å². The molecule has 1 saturated heterocycles. The molecule has 0 aliphatic carbocycles. The second-order valence-electron chi connectivity index (χ2n) is 9.73. The number of carbonyl (C=O) groups excluding carboxylic acids is 1. The van der Waals surface area contributed by atoms with Crippen molar-refractivity contribution in [2.24, 2.45) is 0 Å². The van der Waals surface area contributed by atoms with Gasteiger partial charge in [-0.1, -0.05) is 29.3 Å². The summed E-state index contributed by atoms with van der Waals surface area (Å²) in [6, 6.07) is 11.4. The smallest absolute Gasteiger partial charge is 0.265 e. The van der Waals surface area contributed by atoms with Gasteiger partial charge >= 0.3 is 0 Å². The molecule has 5 rings (SSSR count). The molecule has 2 aliphatic rings.